The predicted octanol–water partition coefficient (Wildman–Crippen LogP) is 0.391. The molecule has 1 aromatic carbocycles. The van der Waals surface area contributed by atoms with Crippen molar-refractivity contribution in [3.8, 4) is 5.75 Å². The molecule has 106 valence electrons. The van der Waals surface area contributed by atoms with Crippen LogP contribution in [0.15, 0.2) is 23.1 Å². The topological polar surface area (TPSA) is 98.7 Å². The van der Waals surface area contributed by atoms with E-state index in [0.717, 1.165) is 19.6 Å². The summed E-state index contributed by atoms with van der Waals surface area (Å²) < 4.78 is 28.2. The lowest BCUT2D eigenvalue weighted by Crippen LogP contribution is -2.25. The zero-order valence-electron chi connectivity index (χ0n) is 10.7. The van der Waals surface area contributed by atoms with Crippen molar-refractivity contribution in [3.63, 3.8) is 0 Å². The molecule has 2 rings (SSSR count). The van der Waals surface area contributed by atoms with Gasteiger partial charge in [0.1, 0.15) is 17.3 Å². The Balaban J connectivity index is 2.00. The highest BCUT2D eigenvalue weighted by molar-refractivity contribution is 7.89. The van der Waals surface area contributed by atoms with Gasteiger partial charge >= 0.3 is 0 Å². The zero-order valence-corrected chi connectivity index (χ0v) is 11.5. The minimum atomic E-state index is -3.81. The van der Waals surface area contributed by atoms with E-state index in [4.69, 9.17) is 15.6 Å². The molecule has 0 radical (unpaired) electrons. The molecule has 0 atom stereocenters. The van der Waals surface area contributed by atoms with Gasteiger partial charge in [0.15, 0.2) is 0 Å². The van der Waals surface area contributed by atoms with Crippen molar-refractivity contribution in [1.29, 1.82) is 0 Å². The van der Waals surface area contributed by atoms with Gasteiger partial charge in [-0.15, -0.1) is 0 Å². The Labute approximate surface area is 113 Å². The number of nitrogen functional groups attached to an aromatic ring is 1. The summed E-state index contributed by atoms with van der Waals surface area (Å²) in [6.07, 6.45) is 2.45. The second kappa shape index (κ2) is 5.77. The zero-order chi connectivity index (χ0) is 13.9. The van der Waals surface area contributed by atoms with Gasteiger partial charge in [-0.25, -0.2) is 13.6 Å². The van der Waals surface area contributed by atoms with Crippen LogP contribution in [0.5, 0.6) is 5.75 Å². The molecule has 19 heavy (non-hydrogen) atoms. The van der Waals surface area contributed by atoms with Crippen LogP contribution >= 0.6 is 0 Å². The molecule has 7 heteroatoms. The molecule has 0 spiro atoms. The van der Waals surface area contributed by atoms with Crippen LogP contribution < -0.4 is 15.6 Å². The molecule has 0 bridgehead atoms. The van der Waals surface area contributed by atoms with Crippen LogP contribution in [0, 0.1) is 0 Å². The number of ether oxygens (including phenoxy) is 1. The summed E-state index contributed by atoms with van der Waals surface area (Å²) in [6.45, 7) is 3.49. The minimum Gasteiger partial charge on any atom is -0.490 e. The van der Waals surface area contributed by atoms with E-state index in [2.05, 4.69) is 4.90 Å². The van der Waals surface area contributed by atoms with Gasteiger partial charge in [0, 0.05) is 6.54 Å². The Morgan fingerprint density at radius 2 is 1.95 bits per heavy atom. The Hall–Kier alpha value is -1.31. The number of anilines is 1. The number of hydrogen-bond acceptors (Lipinski definition) is 5. The maximum Gasteiger partial charge on any atom is 0.240 e. The molecule has 0 saturated carbocycles. The fourth-order valence-electron chi connectivity index (χ4n) is 2.19. The second-order valence-electron chi connectivity index (χ2n) is 4.61. The molecule has 0 unspecified atom stereocenters. The smallest absolute Gasteiger partial charge is 0.240 e. The fraction of sp³-hybridized carbons (Fsp3) is 0.500. The molecule has 0 aliphatic carbocycles. The van der Waals surface area contributed by atoms with Crippen molar-refractivity contribution < 1.29 is 13.2 Å². The number of nitrogens with two attached hydrogens (primary N) is 2. The summed E-state index contributed by atoms with van der Waals surface area (Å²) in [6, 6.07) is 4.59. The Morgan fingerprint density at radius 3 is 2.58 bits per heavy atom. The predicted molar refractivity (Wildman–Crippen MR) is 73.4 cm³/mol. The number of likely N-dealkylation sites (tertiary alicyclic amines) is 1. The van der Waals surface area contributed by atoms with E-state index < -0.39 is 10.0 Å². The van der Waals surface area contributed by atoms with E-state index in [1.165, 1.54) is 18.9 Å². The third-order valence-corrected chi connectivity index (χ3v) is 4.17. The molecular weight excluding hydrogens is 266 g/mol. The van der Waals surface area contributed by atoms with Crippen LogP contribution in [0.4, 0.5) is 5.69 Å². The van der Waals surface area contributed by atoms with E-state index in [1.54, 1.807) is 12.1 Å². The average molecular weight is 285 g/mol. The number of rotatable bonds is 5. The second-order valence-corrected chi connectivity index (χ2v) is 6.14. The molecule has 1 aromatic rings. The van der Waals surface area contributed by atoms with Crippen LogP contribution in [-0.4, -0.2) is 39.6 Å². The molecule has 1 aliphatic heterocycles. The van der Waals surface area contributed by atoms with Gasteiger partial charge in [-0.3, -0.25) is 4.90 Å². The van der Waals surface area contributed by atoms with Crippen molar-refractivity contribution in [2.24, 2.45) is 5.14 Å². The third-order valence-electron chi connectivity index (χ3n) is 3.20. The van der Waals surface area contributed by atoms with E-state index in [9.17, 15) is 8.42 Å². The lowest BCUT2D eigenvalue weighted by molar-refractivity contribution is 0.238. The maximum atomic E-state index is 11.3. The van der Waals surface area contributed by atoms with Crippen molar-refractivity contribution in [3.05, 3.63) is 18.2 Å². The average Bonchev–Trinajstić information content (AvgIpc) is 2.83. The van der Waals surface area contributed by atoms with Crippen molar-refractivity contribution >= 4 is 15.7 Å². The van der Waals surface area contributed by atoms with Gasteiger partial charge in [-0.1, -0.05) is 6.07 Å². The molecule has 0 amide bonds. The first-order valence-corrected chi connectivity index (χ1v) is 7.79. The first kappa shape index (κ1) is 14.1. The summed E-state index contributed by atoms with van der Waals surface area (Å²) in [4.78, 5) is 2.21. The van der Waals surface area contributed by atoms with E-state index in [1.807, 2.05) is 0 Å². The van der Waals surface area contributed by atoms with Crippen LogP contribution in [0.1, 0.15) is 12.8 Å². The standard InChI is InChI=1S/C12H19N3O3S/c13-12-10(4-3-5-11(12)19(14,16)17)18-9-8-15-6-1-2-7-15/h3-5H,1-2,6-9,13H2,(H2,14,16,17). The van der Waals surface area contributed by atoms with Crippen molar-refractivity contribution in [1.82, 2.24) is 4.90 Å². The van der Waals surface area contributed by atoms with E-state index >= 15 is 0 Å². The minimum absolute atomic E-state index is 0.0754. The van der Waals surface area contributed by atoms with Crippen LogP contribution in [0.2, 0.25) is 0 Å². The molecule has 4 N–H and O–H groups in total. The van der Waals surface area contributed by atoms with Gasteiger partial charge in [0.05, 0.1) is 5.69 Å². The van der Waals surface area contributed by atoms with Gasteiger partial charge < -0.3 is 10.5 Å². The molecule has 1 heterocycles. The summed E-state index contributed by atoms with van der Waals surface area (Å²) in [5, 5.41) is 5.08. The van der Waals surface area contributed by atoms with Crippen LogP contribution in [0.3, 0.4) is 0 Å². The van der Waals surface area contributed by atoms with Crippen molar-refractivity contribution in [2.75, 3.05) is 32.0 Å². The lowest BCUT2D eigenvalue weighted by atomic mass is 10.3. The van der Waals surface area contributed by atoms with Gasteiger partial charge in [-0.05, 0) is 38.1 Å². The highest BCUT2D eigenvalue weighted by atomic mass is 32.2. The van der Waals surface area contributed by atoms with Crippen molar-refractivity contribution in [2.45, 2.75) is 17.7 Å². The largest absolute Gasteiger partial charge is 0.490 e. The Kier molecular flexibility index (Phi) is 4.28. The Morgan fingerprint density at radius 1 is 1.26 bits per heavy atom. The molecule has 0 aromatic heterocycles. The van der Waals surface area contributed by atoms with E-state index in [0.29, 0.717) is 12.4 Å². The monoisotopic (exact) mass is 285 g/mol. The van der Waals surface area contributed by atoms with Crippen LogP contribution in [-0.2, 0) is 10.0 Å². The quantitative estimate of drug-likeness (QED) is 0.763. The maximum absolute atomic E-state index is 11.3. The Bertz CT molecular complexity index is 539. The summed E-state index contributed by atoms with van der Waals surface area (Å²) in [7, 11) is -3.81. The summed E-state index contributed by atoms with van der Waals surface area (Å²) in [5.74, 6) is 0.366. The molecule has 1 aliphatic rings. The summed E-state index contributed by atoms with van der Waals surface area (Å²) in [5.41, 5.74) is 5.84. The van der Waals surface area contributed by atoms with E-state index in [-0.39, 0.29) is 10.6 Å². The number of para-hydroxylation sites is 1. The van der Waals surface area contributed by atoms with Gasteiger partial charge in [0.2, 0.25) is 10.0 Å². The molecule has 1 saturated heterocycles. The SMILES string of the molecule is Nc1c(OCCN2CCCC2)cccc1S(N)(=O)=O. The fourth-order valence-corrected chi connectivity index (χ4v) is 2.86. The normalized spacial score (nSPS) is 16.7. The molecule has 1 fully saturated rings. The highest BCUT2D eigenvalue weighted by Gasteiger charge is 2.16. The number of sulfonamides is 1. The lowest BCUT2D eigenvalue weighted by Gasteiger charge is -2.16. The first-order valence-electron chi connectivity index (χ1n) is 6.25. The molecule has 6 nitrogen and oxygen atoms in total. The number of primary sulfonamides is 1. The van der Waals surface area contributed by atoms with Gasteiger partial charge in [-0.2, -0.15) is 0 Å². The third kappa shape index (κ3) is 3.59. The number of hydrogen-bond donors (Lipinski definition) is 2. The first-order chi connectivity index (χ1) is 8.98. The molecular formula is C12H19N3O3S. The van der Waals surface area contributed by atoms with Crippen LogP contribution in [0.25, 0.3) is 0 Å². The number of benzene rings is 1. The number of nitrogens with zero attached hydrogens (tertiary/aromatic N) is 1. The summed E-state index contributed by atoms with van der Waals surface area (Å²) >= 11 is 0. The highest BCUT2D eigenvalue weighted by Crippen LogP contribution is 2.27. The van der Waals surface area contributed by atoms with Gasteiger partial charge in [0.25, 0.3) is 0 Å².